The molecule has 128 valence electrons. The third-order valence-electron chi connectivity index (χ3n) is 4.46. The molecule has 4 heteroatoms. The molecule has 4 nitrogen and oxygen atoms in total. The maximum atomic E-state index is 12.5. The SMILES string of the molecule is C=CCNC(=O)c1cc2c([nH]c3ccccc32)c(-c2ccc(C)cc2)n1. The molecule has 0 atom stereocenters. The molecule has 4 rings (SSSR count). The Morgan fingerprint density at radius 2 is 1.92 bits per heavy atom. The molecule has 26 heavy (non-hydrogen) atoms. The highest BCUT2D eigenvalue weighted by molar-refractivity contribution is 6.13. The number of aryl methyl sites for hydroxylation is 1. The summed E-state index contributed by atoms with van der Waals surface area (Å²) >= 11 is 0. The van der Waals surface area contributed by atoms with Crippen LogP contribution in [0.1, 0.15) is 16.1 Å². The van der Waals surface area contributed by atoms with E-state index in [2.05, 4.69) is 47.0 Å². The van der Waals surface area contributed by atoms with E-state index >= 15 is 0 Å². The zero-order valence-electron chi connectivity index (χ0n) is 14.5. The molecule has 0 aliphatic carbocycles. The number of H-pyrrole nitrogens is 1. The van der Waals surface area contributed by atoms with Gasteiger partial charge in [-0.15, -0.1) is 6.58 Å². The fourth-order valence-corrected chi connectivity index (χ4v) is 3.14. The van der Waals surface area contributed by atoms with Gasteiger partial charge in [0.25, 0.3) is 5.91 Å². The van der Waals surface area contributed by atoms with Gasteiger partial charge in [-0.25, -0.2) is 4.98 Å². The van der Waals surface area contributed by atoms with Gasteiger partial charge in [0.1, 0.15) is 5.69 Å². The number of nitrogens with one attached hydrogen (secondary N) is 2. The summed E-state index contributed by atoms with van der Waals surface area (Å²) < 4.78 is 0. The van der Waals surface area contributed by atoms with Crippen molar-refractivity contribution in [1.82, 2.24) is 15.3 Å². The molecule has 2 heterocycles. The van der Waals surface area contributed by atoms with Gasteiger partial charge in [0, 0.05) is 28.4 Å². The molecular weight excluding hydrogens is 322 g/mol. The normalized spacial score (nSPS) is 11.0. The highest BCUT2D eigenvalue weighted by Crippen LogP contribution is 2.32. The van der Waals surface area contributed by atoms with Gasteiger partial charge >= 0.3 is 0 Å². The summed E-state index contributed by atoms with van der Waals surface area (Å²) in [7, 11) is 0. The lowest BCUT2D eigenvalue weighted by atomic mass is 10.1. The Bertz CT molecular complexity index is 1120. The maximum Gasteiger partial charge on any atom is 0.270 e. The maximum absolute atomic E-state index is 12.5. The minimum Gasteiger partial charge on any atom is -0.353 e. The van der Waals surface area contributed by atoms with Gasteiger partial charge in [-0.2, -0.15) is 0 Å². The van der Waals surface area contributed by atoms with Crippen molar-refractivity contribution >= 4 is 27.7 Å². The first-order valence-electron chi connectivity index (χ1n) is 8.55. The number of nitrogens with zero attached hydrogens (tertiary/aromatic N) is 1. The molecule has 2 aromatic heterocycles. The minimum absolute atomic E-state index is 0.203. The molecule has 0 fully saturated rings. The lowest BCUT2D eigenvalue weighted by Gasteiger charge is -2.08. The van der Waals surface area contributed by atoms with E-state index in [-0.39, 0.29) is 5.91 Å². The second kappa shape index (κ2) is 6.48. The Labute approximate surface area is 151 Å². The molecule has 0 saturated carbocycles. The zero-order valence-corrected chi connectivity index (χ0v) is 14.5. The number of carbonyl (C=O) groups excluding carboxylic acids is 1. The Hall–Kier alpha value is -3.40. The van der Waals surface area contributed by atoms with E-state index in [0.717, 1.165) is 33.1 Å². The Balaban J connectivity index is 1.99. The van der Waals surface area contributed by atoms with Crippen LogP contribution in [0.4, 0.5) is 0 Å². The van der Waals surface area contributed by atoms with Gasteiger partial charge in [-0.05, 0) is 19.1 Å². The molecule has 0 radical (unpaired) electrons. The third kappa shape index (κ3) is 2.75. The number of hydrogen-bond acceptors (Lipinski definition) is 2. The van der Waals surface area contributed by atoms with E-state index in [9.17, 15) is 4.79 Å². The Morgan fingerprint density at radius 3 is 2.69 bits per heavy atom. The van der Waals surface area contributed by atoms with Crippen molar-refractivity contribution in [2.45, 2.75) is 6.92 Å². The second-order valence-electron chi connectivity index (χ2n) is 6.31. The number of aromatic amines is 1. The van der Waals surface area contributed by atoms with E-state index in [0.29, 0.717) is 12.2 Å². The second-order valence-corrected chi connectivity index (χ2v) is 6.31. The number of hydrogen-bond donors (Lipinski definition) is 2. The number of fused-ring (bicyclic) bond motifs is 3. The van der Waals surface area contributed by atoms with Crippen molar-refractivity contribution in [1.29, 1.82) is 0 Å². The van der Waals surface area contributed by atoms with E-state index in [1.54, 1.807) is 6.08 Å². The lowest BCUT2D eigenvalue weighted by Crippen LogP contribution is -2.24. The standard InChI is InChI=1S/C22H19N3O/c1-3-12-23-22(26)19-13-17-16-6-4-5-7-18(16)24-21(17)20(25-19)15-10-8-14(2)9-11-15/h3-11,13,24H,1,12H2,2H3,(H,23,26). The molecule has 4 aromatic rings. The van der Waals surface area contributed by atoms with Crippen LogP contribution in [-0.2, 0) is 0 Å². The summed E-state index contributed by atoms with van der Waals surface area (Å²) in [5.74, 6) is -0.203. The quantitative estimate of drug-likeness (QED) is 0.533. The molecule has 0 spiro atoms. The van der Waals surface area contributed by atoms with Gasteiger partial charge in [0.05, 0.1) is 11.2 Å². The number of amides is 1. The molecule has 0 aliphatic heterocycles. The van der Waals surface area contributed by atoms with Crippen LogP contribution < -0.4 is 5.32 Å². The van der Waals surface area contributed by atoms with E-state index in [4.69, 9.17) is 0 Å². The van der Waals surface area contributed by atoms with Crippen LogP contribution in [0.25, 0.3) is 33.1 Å². The highest BCUT2D eigenvalue weighted by atomic mass is 16.1. The summed E-state index contributed by atoms with van der Waals surface area (Å²) in [4.78, 5) is 20.6. The fourth-order valence-electron chi connectivity index (χ4n) is 3.14. The van der Waals surface area contributed by atoms with Gasteiger partial charge < -0.3 is 10.3 Å². The van der Waals surface area contributed by atoms with Gasteiger partial charge in [-0.3, -0.25) is 4.79 Å². The van der Waals surface area contributed by atoms with Crippen molar-refractivity contribution in [2.75, 3.05) is 6.54 Å². The molecule has 0 saturated heterocycles. The minimum atomic E-state index is -0.203. The average molecular weight is 341 g/mol. The molecule has 0 aliphatic rings. The van der Waals surface area contributed by atoms with Crippen molar-refractivity contribution in [3.05, 3.63) is 78.5 Å². The molecular formula is C22H19N3O. The molecule has 0 bridgehead atoms. The Kier molecular flexibility index (Phi) is 4.01. The molecule has 0 unspecified atom stereocenters. The summed E-state index contributed by atoms with van der Waals surface area (Å²) in [6.45, 7) is 6.10. The summed E-state index contributed by atoms with van der Waals surface area (Å²) in [6.07, 6.45) is 1.66. The average Bonchev–Trinajstić information content (AvgIpc) is 3.05. The van der Waals surface area contributed by atoms with Gasteiger partial charge in [0.2, 0.25) is 0 Å². The monoisotopic (exact) mass is 341 g/mol. The van der Waals surface area contributed by atoms with Crippen LogP contribution in [0.3, 0.4) is 0 Å². The van der Waals surface area contributed by atoms with E-state index in [1.807, 2.05) is 36.4 Å². The van der Waals surface area contributed by atoms with Gasteiger partial charge in [0.15, 0.2) is 0 Å². The number of aromatic nitrogens is 2. The van der Waals surface area contributed by atoms with Crippen molar-refractivity contribution in [3.8, 4) is 11.3 Å². The van der Waals surface area contributed by atoms with Crippen LogP contribution in [0.5, 0.6) is 0 Å². The van der Waals surface area contributed by atoms with Crippen LogP contribution in [0.15, 0.2) is 67.3 Å². The highest BCUT2D eigenvalue weighted by Gasteiger charge is 2.16. The van der Waals surface area contributed by atoms with E-state index < -0.39 is 0 Å². The molecule has 1 amide bonds. The van der Waals surface area contributed by atoms with Crippen molar-refractivity contribution < 1.29 is 4.79 Å². The van der Waals surface area contributed by atoms with Crippen molar-refractivity contribution in [3.63, 3.8) is 0 Å². The van der Waals surface area contributed by atoms with Crippen LogP contribution >= 0.6 is 0 Å². The summed E-state index contributed by atoms with van der Waals surface area (Å²) in [6, 6.07) is 18.1. The van der Waals surface area contributed by atoms with E-state index in [1.165, 1.54) is 5.56 Å². The zero-order chi connectivity index (χ0) is 18.1. The summed E-state index contributed by atoms with van der Waals surface area (Å²) in [5, 5.41) is 4.89. The third-order valence-corrected chi connectivity index (χ3v) is 4.46. The predicted molar refractivity (Wildman–Crippen MR) is 106 cm³/mol. The predicted octanol–water partition coefficient (Wildman–Crippen LogP) is 4.61. The Morgan fingerprint density at radius 1 is 1.15 bits per heavy atom. The lowest BCUT2D eigenvalue weighted by molar-refractivity contribution is 0.0953. The van der Waals surface area contributed by atoms with Gasteiger partial charge in [-0.1, -0.05) is 54.1 Å². The van der Waals surface area contributed by atoms with Crippen LogP contribution in [0, 0.1) is 6.92 Å². The first-order chi connectivity index (χ1) is 12.7. The molecule has 2 N–H and O–H groups in total. The largest absolute Gasteiger partial charge is 0.353 e. The van der Waals surface area contributed by atoms with Crippen molar-refractivity contribution in [2.24, 2.45) is 0 Å². The molecule has 2 aromatic carbocycles. The first kappa shape index (κ1) is 16.1. The number of pyridine rings is 1. The number of carbonyl (C=O) groups is 1. The smallest absolute Gasteiger partial charge is 0.270 e. The van der Waals surface area contributed by atoms with Crippen LogP contribution in [-0.4, -0.2) is 22.4 Å². The number of benzene rings is 2. The number of para-hydroxylation sites is 1. The number of rotatable bonds is 4. The fraction of sp³-hybridized carbons (Fsp3) is 0.0909. The van der Waals surface area contributed by atoms with Crippen LogP contribution in [0.2, 0.25) is 0 Å². The topological polar surface area (TPSA) is 57.8 Å². The summed E-state index contributed by atoms with van der Waals surface area (Å²) in [5.41, 5.74) is 5.31. The first-order valence-corrected chi connectivity index (χ1v) is 8.55.